The van der Waals surface area contributed by atoms with Gasteiger partial charge in [0.25, 0.3) is 0 Å². The Labute approximate surface area is 605 Å². The van der Waals surface area contributed by atoms with E-state index in [1.165, 1.54) is 38.9 Å². The minimum Gasteiger partial charge on any atom is -0.371 e. The van der Waals surface area contributed by atoms with Crippen LogP contribution in [0.5, 0.6) is 0 Å². The van der Waals surface area contributed by atoms with E-state index in [1.807, 2.05) is 54.6 Å². The Bertz CT molecular complexity index is 5080. The highest BCUT2D eigenvalue weighted by atomic mass is 15.1. The van der Waals surface area contributed by atoms with E-state index in [2.05, 4.69) is 267 Å². The molecule has 8 bridgehead atoms. The molecule has 0 amide bonds. The molecule has 9 heteroatoms. The lowest BCUT2D eigenvalue weighted by Crippen LogP contribution is -2.32. The first kappa shape index (κ1) is 71.0. The zero-order valence-corrected chi connectivity index (χ0v) is 62.9. The summed E-state index contributed by atoms with van der Waals surface area (Å²) in [6.45, 7) is 43.1. The molecule has 3 aliphatic rings. The quantitative estimate of drug-likeness (QED) is 0.108. The molecule has 0 saturated carbocycles. The van der Waals surface area contributed by atoms with Crippen molar-refractivity contribution in [3.8, 4) is 68.8 Å². The van der Waals surface area contributed by atoms with Crippen molar-refractivity contribution >= 4 is 63.2 Å². The summed E-state index contributed by atoms with van der Waals surface area (Å²) >= 11 is 0. The topological polar surface area (TPSA) is 156 Å². The number of aromatic amines is 2. The largest absolute Gasteiger partial charge is 0.371 e. The molecule has 1 fully saturated rings. The number of anilines is 1. The first-order chi connectivity index (χ1) is 48.1. The number of nitriles is 4. The summed E-state index contributed by atoms with van der Waals surface area (Å²) in [6, 6.07) is 64.6. The van der Waals surface area contributed by atoms with Gasteiger partial charge in [-0.25, -0.2) is 9.97 Å². The van der Waals surface area contributed by atoms with Crippen LogP contribution < -0.4 is 4.90 Å². The summed E-state index contributed by atoms with van der Waals surface area (Å²) in [5.41, 5.74) is 26.1. The number of fused-ring (bicyclic) bond motifs is 8. The van der Waals surface area contributed by atoms with Crippen LogP contribution in [0.15, 0.2) is 169 Å². The predicted octanol–water partition coefficient (Wildman–Crippen LogP) is 23.8. The molecule has 0 unspecified atom stereocenters. The molecule has 3 aliphatic heterocycles. The fourth-order valence-electron chi connectivity index (χ4n) is 14.3. The van der Waals surface area contributed by atoms with Gasteiger partial charge in [-0.05, 0) is 184 Å². The van der Waals surface area contributed by atoms with Crippen molar-refractivity contribution in [1.82, 2.24) is 19.9 Å². The summed E-state index contributed by atoms with van der Waals surface area (Å²) in [7, 11) is 0. The van der Waals surface area contributed by atoms with Gasteiger partial charge in [0, 0.05) is 74.2 Å². The van der Waals surface area contributed by atoms with Gasteiger partial charge in [0.05, 0.1) is 22.8 Å². The normalized spacial score (nSPS) is 13.6. The molecule has 6 aromatic carbocycles. The van der Waals surface area contributed by atoms with Crippen molar-refractivity contribution in [2.24, 2.45) is 0 Å². The maximum Gasteiger partial charge on any atom is 0.138 e. The molecular formula is C93H95N9. The molecule has 0 aliphatic carbocycles. The van der Waals surface area contributed by atoms with Crippen LogP contribution in [0, 0.1) is 45.3 Å². The molecule has 3 aromatic heterocycles. The lowest BCUT2D eigenvalue weighted by atomic mass is 9.78. The average molecular weight is 1340 g/mol. The number of nitrogens with one attached hydrogen (secondary N) is 2. The van der Waals surface area contributed by atoms with E-state index in [4.69, 9.17) is 9.97 Å². The van der Waals surface area contributed by atoms with Gasteiger partial charge < -0.3 is 14.9 Å². The van der Waals surface area contributed by atoms with E-state index >= 15 is 0 Å². The number of nitrogens with zero attached hydrogens (tertiary/aromatic N) is 7. The Morgan fingerprint density at radius 2 is 0.647 bits per heavy atom. The van der Waals surface area contributed by atoms with E-state index in [0.717, 1.165) is 121 Å². The highest BCUT2D eigenvalue weighted by Crippen LogP contribution is 2.46. The highest BCUT2D eigenvalue weighted by Gasteiger charge is 2.30. The Morgan fingerprint density at radius 3 is 0.941 bits per heavy atom. The van der Waals surface area contributed by atoms with Crippen molar-refractivity contribution in [2.75, 3.05) is 18.0 Å². The third kappa shape index (κ3) is 14.4. The number of aromatic nitrogens is 4. The Hall–Kier alpha value is -10.8. The van der Waals surface area contributed by atoms with Crippen molar-refractivity contribution < 1.29 is 0 Å². The minimum absolute atomic E-state index is 0.133. The Balaban J connectivity index is 1.05. The molecule has 2 N–H and O–H groups in total. The zero-order valence-electron chi connectivity index (χ0n) is 62.9. The SMILES string of the molecule is CC(C)(C)c1cc(-c2c3nc(c(-c4cc(C(C)(C)C)cc(C(C)(C)C)c4)c4ccc([nH]4)c(-c4cc(C(C)(C)C)cc(C(C)(C)C)c4)c4nc(c(-c5ccc(C6CCN(c7ccc(C(=C(C#N)C#N)C(=C(C#N)C#N)c8ccccc8)cc7)CC6)cc5)c5ccc2[nH]5)C=C4)C=C3)cc(C(C)(C)C)c1. The molecule has 0 spiro atoms. The second kappa shape index (κ2) is 26.9. The van der Waals surface area contributed by atoms with Crippen LogP contribution in [0.2, 0.25) is 0 Å². The van der Waals surface area contributed by atoms with Crippen molar-refractivity contribution in [3.05, 3.63) is 242 Å². The number of hydrogen-bond acceptors (Lipinski definition) is 7. The van der Waals surface area contributed by atoms with Crippen LogP contribution in [-0.2, 0) is 32.5 Å². The first-order valence-electron chi connectivity index (χ1n) is 35.9. The maximum absolute atomic E-state index is 10.2. The van der Waals surface area contributed by atoms with Gasteiger partial charge in [0.15, 0.2) is 0 Å². The van der Waals surface area contributed by atoms with Gasteiger partial charge in [0.2, 0.25) is 0 Å². The molecule has 9 aromatic rings. The van der Waals surface area contributed by atoms with Gasteiger partial charge in [0.1, 0.15) is 35.4 Å². The average Bonchev–Trinajstić information content (AvgIpc) is 1.59. The van der Waals surface area contributed by atoms with Crippen LogP contribution in [0.3, 0.4) is 0 Å². The third-order valence-corrected chi connectivity index (χ3v) is 20.6. The molecule has 6 heterocycles. The second-order valence-corrected chi connectivity index (χ2v) is 34.1. The van der Waals surface area contributed by atoms with Crippen LogP contribution in [0.25, 0.3) is 102 Å². The standard InChI is InChI=1S/C93H95N9/c1-88(2,3)67-44-62(45-68(50-67)89(4,5)6)85-76-34-32-74(98-76)84(61-26-24-57(25-27-61)58-40-42-102(43-41-58)73-30-28-60(29-31-73)83(66(55-96)56-97)82(65(53-94)54-95)59-22-20-19-21-23-59)75-33-35-77(99-75)86(63-46-69(90(7,8)9)51-70(47-63)91(10,11)12)79-37-39-81(101-79)87(80-38-36-78(85)100-80)64-48-71(92(13,14)15)52-72(49-64)93(16,17)18/h19-39,44-52,58,98,101H,40-43H2,1-18H3. The van der Waals surface area contributed by atoms with E-state index in [9.17, 15) is 21.0 Å². The van der Waals surface area contributed by atoms with Crippen molar-refractivity contribution in [1.29, 1.82) is 21.0 Å². The molecule has 12 rings (SSSR count). The molecule has 512 valence electrons. The molecule has 102 heavy (non-hydrogen) atoms. The van der Waals surface area contributed by atoms with E-state index in [0.29, 0.717) is 17.0 Å². The summed E-state index contributed by atoms with van der Waals surface area (Å²) in [5, 5.41) is 40.7. The number of benzene rings is 6. The monoisotopic (exact) mass is 1340 g/mol. The summed E-state index contributed by atoms with van der Waals surface area (Å²) < 4.78 is 0. The number of piperidine rings is 1. The van der Waals surface area contributed by atoms with Gasteiger partial charge >= 0.3 is 0 Å². The van der Waals surface area contributed by atoms with E-state index in [-0.39, 0.29) is 54.8 Å². The molecule has 0 radical (unpaired) electrons. The minimum atomic E-state index is -0.174. The molecule has 1 saturated heterocycles. The van der Waals surface area contributed by atoms with E-state index < -0.39 is 0 Å². The fourth-order valence-corrected chi connectivity index (χ4v) is 14.3. The number of H-pyrrole nitrogens is 2. The Morgan fingerprint density at radius 1 is 0.353 bits per heavy atom. The van der Waals surface area contributed by atoms with Crippen molar-refractivity contribution in [3.63, 3.8) is 0 Å². The molecule has 0 atom stereocenters. The third-order valence-electron chi connectivity index (χ3n) is 20.6. The smallest absolute Gasteiger partial charge is 0.138 e. The maximum atomic E-state index is 10.2. The first-order valence-corrected chi connectivity index (χ1v) is 35.9. The van der Waals surface area contributed by atoms with Gasteiger partial charge in [-0.2, -0.15) is 21.0 Å². The van der Waals surface area contributed by atoms with Crippen LogP contribution in [-0.4, -0.2) is 33.0 Å². The molecular weight excluding hydrogens is 1240 g/mol. The second-order valence-electron chi connectivity index (χ2n) is 34.1. The van der Waals surface area contributed by atoms with Crippen LogP contribution >= 0.6 is 0 Å². The van der Waals surface area contributed by atoms with Gasteiger partial charge in [-0.15, -0.1) is 0 Å². The number of rotatable bonds is 9. The Kier molecular flexibility index (Phi) is 18.7. The van der Waals surface area contributed by atoms with E-state index in [1.54, 1.807) is 24.3 Å². The predicted molar refractivity (Wildman–Crippen MR) is 426 cm³/mol. The van der Waals surface area contributed by atoms with Gasteiger partial charge in [-0.1, -0.05) is 246 Å². The van der Waals surface area contributed by atoms with Crippen LogP contribution in [0.1, 0.15) is 216 Å². The number of hydrogen-bond donors (Lipinski definition) is 2. The fraction of sp³-hybridized carbons (Fsp3) is 0.312. The lowest BCUT2D eigenvalue weighted by Gasteiger charge is -2.34. The van der Waals surface area contributed by atoms with Gasteiger partial charge in [-0.3, -0.25) is 0 Å². The zero-order chi connectivity index (χ0) is 73.2. The molecule has 9 nitrogen and oxygen atoms in total. The highest BCUT2D eigenvalue weighted by molar-refractivity contribution is 6.11. The lowest BCUT2D eigenvalue weighted by molar-refractivity contribution is 0.505. The summed E-state index contributed by atoms with van der Waals surface area (Å²) in [4.78, 5) is 22.3. The van der Waals surface area contributed by atoms with Crippen LogP contribution in [0.4, 0.5) is 5.69 Å². The summed E-state index contributed by atoms with van der Waals surface area (Å²) in [6.07, 6.45) is 10.7. The summed E-state index contributed by atoms with van der Waals surface area (Å²) in [5.74, 6) is 0.306. The van der Waals surface area contributed by atoms with Crippen molar-refractivity contribution in [2.45, 2.75) is 176 Å². The number of allylic oxidation sites excluding steroid dienone is 4.